The first-order chi connectivity index (χ1) is 11.6. The lowest BCUT2D eigenvalue weighted by Crippen LogP contribution is -2.42. The van der Waals surface area contributed by atoms with Crippen LogP contribution >= 0.6 is 11.3 Å². The summed E-state index contributed by atoms with van der Waals surface area (Å²) in [5.41, 5.74) is 6.81. The van der Waals surface area contributed by atoms with Gasteiger partial charge in [-0.2, -0.15) is 5.10 Å². The molecule has 4 heterocycles. The van der Waals surface area contributed by atoms with Crippen LogP contribution in [0.1, 0.15) is 22.8 Å². The van der Waals surface area contributed by atoms with Gasteiger partial charge in [-0.25, -0.2) is 14.6 Å². The minimum absolute atomic E-state index is 0.00557. The molecule has 24 heavy (non-hydrogen) atoms. The van der Waals surface area contributed by atoms with Crippen molar-refractivity contribution in [2.24, 2.45) is 5.92 Å². The standard InChI is InChI=1S/C13H16N6OS.CH2O2/c14-13-17-9-3-4-18(6-10(9)21-13)12(20)8-1-2-11-15-7-16-19(11)5-8;2-1-3/h7-8H,1-6H2,(H2,14,17);1H,(H,2,3). The summed E-state index contributed by atoms with van der Waals surface area (Å²) in [6.45, 7) is 1.77. The Kier molecular flexibility index (Phi) is 4.74. The molecule has 0 saturated carbocycles. The summed E-state index contributed by atoms with van der Waals surface area (Å²) in [4.78, 5) is 32.7. The number of aromatic nitrogens is 4. The maximum atomic E-state index is 12.7. The summed E-state index contributed by atoms with van der Waals surface area (Å²) in [5.74, 6) is 1.20. The average Bonchev–Trinajstić information content (AvgIpc) is 3.18. The molecule has 2 aromatic heterocycles. The molecule has 1 amide bonds. The van der Waals surface area contributed by atoms with Crippen molar-refractivity contribution in [3.05, 3.63) is 22.7 Å². The number of amides is 1. The van der Waals surface area contributed by atoms with Crippen molar-refractivity contribution < 1.29 is 14.7 Å². The Bertz CT molecular complexity index is 743. The van der Waals surface area contributed by atoms with Gasteiger partial charge < -0.3 is 15.7 Å². The minimum Gasteiger partial charge on any atom is -0.483 e. The van der Waals surface area contributed by atoms with Gasteiger partial charge in [0.25, 0.3) is 6.47 Å². The summed E-state index contributed by atoms with van der Waals surface area (Å²) in [6, 6.07) is 0. The highest BCUT2D eigenvalue weighted by Gasteiger charge is 2.31. The lowest BCUT2D eigenvalue weighted by Gasteiger charge is -2.31. The Hall–Kier alpha value is -2.49. The van der Waals surface area contributed by atoms with Gasteiger partial charge >= 0.3 is 0 Å². The zero-order valence-electron chi connectivity index (χ0n) is 13.0. The van der Waals surface area contributed by atoms with Crippen molar-refractivity contribution in [1.29, 1.82) is 0 Å². The maximum absolute atomic E-state index is 12.7. The van der Waals surface area contributed by atoms with Crippen molar-refractivity contribution in [3.63, 3.8) is 0 Å². The van der Waals surface area contributed by atoms with Crippen molar-refractivity contribution in [2.75, 3.05) is 12.3 Å². The SMILES string of the molecule is Nc1nc2c(s1)CN(C(=O)C1CCc3ncnn3C1)CC2.O=CO. The van der Waals surface area contributed by atoms with Gasteiger partial charge in [0.1, 0.15) is 12.2 Å². The number of aryl methyl sites for hydroxylation is 1. The number of nitrogens with two attached hydrogens (primary N) is 1. The van der Waals surface area contributed by atoms with E-state index in [9.17, 15) is 4.79 Å². The number of nitrogen functional groups attached to an aromatic ring is 1. The number of fused-ring (bicyclic) bond motifs is 2. The first-order valence-electron chi connectivity index (χ1n) is 7.59. The van der Waals surface area contributed by atoms with Crippen molar-refractivity contribution in [3.8, 4) is 0 Å². The van der Waals surface area contributed by atoms with Crippen LogP contribution in [0.15, 0.2) is 6.33 Å². The Labute approximate surface area is 142 Å². The van der Waals surface area contributed by atoms with E-state index in [1.807, 2.05) is 9.58 Å². The van der Waals surface area contributed by atoms with E-state index in [0.717, 1.165) is 42.2 Å². The first-order valence-corrected chi connectivity index (χ1v) is 8.41. The second-order valence-corrected chi connectivity index (χ2v) is 6.75. The topological polar surface area (TPSA) is 127 Å². The Balaban J connectivity index is 0.000000526. The summed E-state index contributed by atoms with van der Waals surface area (Å²) in [7, 11) is 0. The molecule has 128 valence electrons. The molecule has 2 aliphatic rings. The van der Waals surface area contributed by atoms with Crippen LogP contribution in [-0.4, -0.2) is 48.7 Å². The lowest BCUT2D eigenvalue weighted by atomic mass is 9.97. The van der Waals surface area contributed by atoms with Gasteiger partial charge in [-0.05, 0) is 6.42 Å². The summed E-state index contributed by atoms with van der Waals surface area (Å²) >= 11 is 1.49. The largest absolute Gasteiger partial charge is 0.483 e. The summed E-state index contributed by atoms with van der Waals surface area (Å²) < 4.78 is 1.85. The van der Waals surface area contributed by atoms with E-state index in [4.69, 9.17) is 15.6 Å². The molecule has 0 fully saturated rings. The molecule has 0 bridgehead atoms. The number of thiazole rings is 1. The van der Waals surface area contributed by atoms with E-state index in [0.29, 0.717) is 18.2 Å². The van der Waals surface area contributed by atoms with Crippen LogP contribution < -0.4 is 5.73 Å². The summed E-state index contributed by atoms with van der Waals surface area (Å²) in [5, 5.41) is 11.7. The lowest BCUT2D eigenvalue weighted by molar-refractivity contribution is -0.137. The van der Waals surface area contributed by atoms with Crippen LogP contribution in [0.25, 0.3) is 0 Å². The predicted octanol–water partition coefficient (Wildman–Crippen LogP) is 0.165. The molecule has 0 aromatic carbocycles. The number of carboxylic acid groups (broad SMARTS) is 1. The van der Waals surface area contributed by atoms with Crippen LogP contribution in [0.3, 0.4) is 0 Å². The molecule has 1 atom stereocenters. The normalized spacial score (nSPS) is 18.8. The third-order valence-corrected chi connectivity index (χ3v) is 5.13. The van der Waals surface area contributed by atoms with E-state index in [1.165, 1.54) is 11.3 Å². The number of hydrogen-bond acceptors (Lipinski definition) is 7. The Morgan fingerprint density at radius 3 is 3.04 bits per heavy atom. The fraction of sp³-hybridized carbons (Fsp3) is 0.500. The molecule has 3 N–H and O–H groups in total. The quantitative estimate of drug-likeness (QED) is 0.701. The van der Waals surface area contributed by atoms with Crippen LogP contribution in [-0.2, 0) is 35.5 Å². The fourth-order valence-electron chi connectivity index (χ4n) is 3.10. The van der Waals surface area contributed by atoms with Gasteiger partial charge in [-0.15, -0.1) is 11.3 Å². The number of hydrogen-bond donors (Lipinski definition) is 2. The number of carbonyl (C=O) groups is 2. The van der Waals surface area contributed by atoms with Crippen molar-refractivity contribution in [1.82, 2.24) is 24.6 Å². The molecule has 0 spiro atoms. The zero-order chi connectivity index (χ0) is 17.1. The van der Waals surface area contributed by atoms with E-state index < -0.39 is 0 Å². The summed E-state index contributed by atoms with van der Waals surface area (Å²) in [6.07, 6.45) is 4.04. The van der Waals surface area contributed by atoms with E-state index in [2.05, 4.69) is 15.1 Å². The van der Waals surface area contributed by atoms with E-state index in [1.54, 1.807) is 6.33 Å². The van der Waals surface area contributed by atoms with Gasteiger partial charge in [0.2, 0.25) is 5.91 Å². The molecular weight excluding hydrogens is 332 g/mol. The highest BCUT2D eigenvalue weighted by atomic mass is 32.1. The van der Waals surface area contributed by atoms with Gasteiger partial charge in [0.15, 0.2) is 5.13 Å². The third kappa shape index (κ3) is 3.23. The Morgan fingerprint density at radius 1 is 1.46 bits per heavy atom. The van der Waals surface area contributed by atoms with E-state index >= 15 is 0 Å². The van der Waals surface area contributed by atoms with Gasteiger partial charge in [0, 0.05) is 24.3 Å². The Morgan fingerprint density at radius 2 is 2.25 bits per heavy atom. The average molecular weight is 350 g/mol. The van der Waals surface area contributed by atoms with Crippen LogP contribution in [0.4, 0.5) is 5.13 Å². The van der Waals surface area contributed by atoms with Crippen molar-refractivity contribution >= 4 is 28.8 Å². The monoisotopic (exact) mass is 350 g/mol. The van der Waals surface area contributed by atoms with Gasteiger partial charge in [0.05, 0.1) is 24.7 Å². The van der Waals surface area contributed by atoms with Crippen LogP contribution in [0.2, 0.25) is 0 Å². The molecule has 0 aliphatic carbocycles. The molecule has 4 rings (SSSR count). The number of nitrogens with zero attached hydrogens (tertiary/aromatic N) is 5. The van der Waals surface area contributed by atoms with E-state index in [-0.39, 0.29) is 18.3 Å². The third-order valence-electron chi connectivity index (χ3n) is 4.21. The molecule has 2 aliphatic heterocycles. The molecule has 9 nitrogen and oxygen atoms in total. The highest BCUT2D eigenvalue weighted by molar-refractivity contribution is 7.15. The van der Waals surface area contributed by atoms with Crippen molar-refractivity contribution in [2.45, 2.75) is 32.4 Å². The fourth-order valence-corrected chi connectivity index (χ4v) is 4.00. The zero-order valence-corrected chi connectivity index (χ0v) is 13.8. The molecule has 0 radical (unpaired) electrons. The number of anilines is 1. The van der Waals surface area contributed by atoms with Crippen LogP contribution in [0, 0.1) is 5.92 Å². The van der Waals surface area contributed by atoms with Crippen LogP contribution in [0.5, 0.6) is 0 Å². The second kappa shape index (κ2) is 6.95. The molecule has 1 unspecified atom stereocenters. The predicted molar refractivity (Wildman–Crippen MR) is 86.2 cm³/mol. The molecular formula is C14H18N6O3S. The number of carbonyl (C=O) groups excluding carboxylic acids is 1. The first kappa shape index (κ1) is 16.4. The maximum Gasteiger partial charge on any atom is 0.290 e. The minimum atomic E-state index is -0.250. The smallest absolute Gasteiger partial charge is 0.290 e. The van der Waals surface area contributed by atoms with Gasteiger partial charge in [-0.3, -0.25) is 9.59 Å². The molecule has 0 saturated heterocycles. The van der Waals surface area contributed by atoms with Gasteiger partial charge in [-0.1, -0.05) is 0 Å². The highest BCUT2D eigenvalue weighted by Crippen LogP contribution is 2.28. The number of rotatable bonds is 1. The second-order valence-electron chi connectivity index (χ2n) is 5.63. The molecule has 2 aromatic rings. The molecule has 10 heteroatoms.